The van der Waals surface area contributed by atoms with E-state index in [4.69, 9.17) is 87.9 Å². The summed E-state index contributed by atoms with van der Waals surface area (Å²) in [5.74, 6) is -5.67. The smallest absolute Gasteiger partial charge is 0.326 e. The second kappa shape index (κ2) is 46.6. The summed E-state index contributed by atoms with van der Waals surface area (Å²) in [6.45, 7) is 15.3. The van der Waals surface area contributed by atoms with Crippen molar-refractivity contribution in [3.63, 3.8) is 0 Å². The summed E-state index contributed by atoms with van der Waals surface area (Å²) in [6.07, 6.45) is 11.3. The maximum absolute atomic E-state index is 12.0. The molecular weight excluding hydrogens is 1040 g/mol. The first-order valence-corrected chi connectivity index (χ1v) is 28.0. The van der Waals surface area contributed by atoms with Crippen LogP contribution in [0, 0.1) is 57.1 Å². The summed E-state index contributed by atoms with van der Waals surface area (Å²) in [5.41, 5.74) is 44.0. The molecule has 464 valence electrons. The number of nitrogens with two attached hydrogens (primary N) is 8. The van der Waals surface area contributed by atoms with Gasteiger partial charge in [-0.15, -0.1) is 0 Å². The van der Waals surface area contributed by atoms with Gasteiger partial charge in [-0.2, -0.15) is 0 Å². The summed E-state index contributed by atoms with van der Waals surface area (Å²) in [7, 11) is 0. The second-order valence-electron chi connectivity index (χ2n) is 21.6. The average Bonchev–Trinajstić information content (AvgIpc) is 3.35. The predicted molar refractivity (Wildman–Crippen MR) is 312 cm³/mol. The van der Waals surface area contributed by atoms with Gasteiger partial charge in [0, 0.05) is 38.5 Å². The van der Waals surface area contributed by atoms with E-state index in [1.54, 1.807) is 0 Å². The van der Waals surface area contributed by atoms with Gasteiger partial charge >= 0.3 is 23.9 Å². The minimum absolute atomic E-state index is 0.00138. The molecule has 10 atom stereocenters. The quantitative estimate of drug-likeness (QED) is 0.0234. The standard InChI is InChI=1S/2C14H27N3O3.2C13H26N4O3/c1-9(2)7-10(14(19)20)8-12(18)11(15)5-3-4-6-13(16)17;1-3-9(2)10(14(19)20)8-12(18)11(15)6-4-5-7-13(16)17;1-8(2)7-9(14)12(18)17-10(13(19)20)5-3-4-6-11(15)16;1-3-8(2)11(16)12(18)17-9(13(19)20)6-4-5-7-10(14)15/h2*9-11H,3-8,15H2,1-2H3,(H3,16,17)(H,19,20);8-10H,3-7,14H2,1-2H3,(H3,15,16)(H,17,18)(H,19,20);8-9,11H,3-7,16H2,1-2H3,(H3,14,15)(H,17,18)(H,19,20). The van der Waals surface area contributed by atoms with Crippen molar-refractivity contribution in [2.45, 2.75) is 233 Å². The fraction of sp³-hybridized carbons (Fsp3) is 0.778. The Hall–Kier alpha value is -6.12. The van der Waals surface area contributed by atoms with Gasteiger partial charge in [0.2, 0.25) is 11.8 Å². The molecule has 0 saturated carbocycles. The molecule has 80 heavy (non-hydrogen) atoms. The Bertz CT molecular complexity index is 1910. The third-order valence-corrected chi connectivity index (χ3v) is 13.1. The van der Waals surface area contributed by atoms with Gasteiger partial charge < -0.3 is 76.9 Å². The normalized spacial score (nSPS) is 14.6. The number of carboxylic acids is 4. The summed E-state index contributed by atoms with van der Waals surface area (Å²) < 4.78 is 0. The van der Waals surface area contributed by atoms with Crippen LogP contribution in [0.3, 0.4) is 0 Å². The van der Waals surface area contributed by atoms with Crippen LogP contribution in [0.1, 0.15) is 197 Å². The van der Waals surface area contributed by atoms with E-state index in [1.165, 1.54) is 0 Å². The number of ketones is 2. The Morgan fingerprint density at radius 1 is 0.425 bits per heavy atom. The SMILES string of the molecule is CC(C)CC(CC(=O)C(N)CCCCC(=N)N)C(=O)O.CC(C)CC(N)C(=O)NC(CCCCC(=N)N)C(=O)O.CCC(C)C(CC(=O)C(N)CCCCC(=N)N)C(=O)O.CCC(C)C(N)C(=O)NC(CCCCC(=N)N)C(=O)O. The number of carboxylic acid groups (broad SMARTS) is 4. The van der Waals surface area contributed by atoms with Crippen molar-refractivity contribution in [3.05, 3.63) is 0 Å². The Labute approximate surface area is 474 Å². The average molecular weight is 1140 g/mol. The maximum atomic E-state index is 12.0. The van der Waals surface area contributed by atoms with E-state index in [1.807, 2.05) is 55.4 Å². The molecule has 0 aliphatic heterocycles. The molecule has 0 saturated heterocycles. The van der Waals surface area contributed by atoms with E-state index in [9.17, 15) is 38.4 Å². The maximum Gasteiger partial charge on any atom is 0.326 e. The number of hydrogen-bond acceptors (Lipinski definition) is 16. The minimum atomic E-state index is -1.07. The largest absolute Gasteiger partial charge is 0.481 e. The first kappa shape index (κ1) is 80.4. The highest BCUT2D eigenvalue weighted by atomic mass is 16.4. The van der Waals surface area contributed by atoms with Crippen molar-refractivity contribution in [3.8, 4) is 0 Å². The van der Waals surface area contributed by atoms with Crippen LogP contribution in [0.25, 0.3) is 0 Å². The van der Waals surface area contributed by atoms with Crippen LogP contribution in [-0.4, -0.2) is 127 Å². The number of carbonyl (C=O) groups is 8. The zero-order valence-electron chi connectivity index (χ0n) is 49.2. The predicted octanol–water partition coefficient (Wildman–Crippen LogP) is 3.88. The van der Waals surface area contributed by atoms with E-state index in [0.717, 1.165) is 25.7 Å². The molecule has 0 fully saturated rings. The molecule has 10 unspecified atom stereocenters. The Morgan fingerprint density at radius 3 is 1.06 bits per heavy atom. The number of Topliss-reactive ketones (excluding diaryl/α,β-unsaturated/α-hetero) is 2. The topological polar surface area (TPSA) is 545 Å². The Morgan fingerprint density at radius 2 is 0.762 bits per heavy atom. The molecule has 0 rings (SSSR count). The van der Waals surface area contributed by atoms with Gasteiger partial charge in [-0.3, -0.25) is 50.4 Å². The summed E-state index contributed by atoms with van der Waals surface area (Å²) in [4.78, 5) is 91.9. The lowest BCUT2D eigenvalue weighted by atomic mass is 9.85. The van der Waals surface area contributed by atoms with Crippen LogP contribution in [0.4, 0.5) is 0 Å². The van der Waals surface area contributed by atoms with E-state index in [0.29, 0.717) is 103 Å². The number of hydrogen-bond donors (Lipinski definition) is 18. The molecule has 26 N–H and O–H groups in total. The van der Waals surface area contributed by atoms with Crippen molar-refractivity contribution in [1.82, 2.24) is 10.6 Å². The highest BCUT2D eigenvalue weighted by molar-refractivity contribution is 5.89. The van der Waals surface area contributed by atoms with Crippen LogP contribution < -0.4 is 56.5 Å². The fourth-order valence-corrected chi connectivity index (χ4v) is 7.62. The Balaban J connectivity index is -0.000000481. The first-order chi connectivity index (χ1) is 37.0. The van der Waals surface area contributed by atoms with Gasteiger partial charge in [0.15, 0.2) is 0 Å². The van der Waals surface area contributed by atoms with Gasteiger partial charge in [-0.25, -0.2) is 9.59 Å². The van der Waals surface area contributed by atoms with Crippen molar-refractivity contribution in [2.75, 3.05) is 0 Å². The van der Waals surface area contributed by atoms with Crippen molar-refractivity contribution >= 4 is 70.6 Å². The highest BCUT2D eigenvalue weighted by Gasteiger charge is 2.30. The summed E-state index contributed by atoms with van der Waals surface area (Å²) in [5, 5.41) is 69.7. The van der Waals surface area contributed by atoms with E-state index >= 15 is 0 Å². The number of nitrogens with one attached hydrogen (secondary N) is 6. The monoisotopic (exact) mass is 1140 g/mol. The summed E-state index contributed by atoms with van der Waals surface area (Å²) >= 11 is 0. The van der Waals surface area contributed by atoms with Gasteiger partial charge in [-0.1, -0.05) is 93.9 Å². The van der Waals surface area contributed by atoms with E-state index in [2.05, 4.69) is 10.6 Å². The molecular formula is C54H106N14O12. The molecule has 0 aliphatic carbocycles. The lowest BCUT2D eigenvalue weighted by Crippen LogP contribution is -2.50. The molecule has 0 heterocycles. The number of rotatable bonds is 42. The Kier molecular flexibility index (Phi) is 46.8. The van der Waals surface area contributed by atoms with Gasteiger partial charge in [0.25, 0.3) is 0 Å². The van der Waals surface area contributed by atoms with Crippen molar-refractivity contribution in [1.29, 1.82) is 21.6 Å². The van der Waals surface area contributed by atoms with Crippen molar-refractivity contribution < 1.29 is 58.8 Å². The van der Waals surface area contributed by atoms with Crippen LogP contribution in [0.15, 0.2) is 0 Å². The van der Waals surface area contributed by atoms with Gasteiger partial charge in [-0.05, 0) is 87.9 Å². The van der Waals surface area contributed by atoms with E-state index < -0.39 is 83.8 Å². The third kappa shape index (κ3) is 44.7. The van der Waals surface area contributed by atoms with Crippen LogP contribution in [-0.2, 0) is 38.4 Å². The molecule has 0 aromatic rings. The molecule has 0 aromatic heterocycles. The molecule has 26 nitrogen and oxygen atoms in total. The number of aliphatic carboxylic acids is 4. The van der Waals surface area contributed by atoms with Crippen LogP contribution >= 0.6 is 0 Å². The van der Waals surface area contributed by atoms with E-state index in [-0.39, 0.29) is 71.4 Å². The second-order valence-corrected chi connectivity index (χ2v) is 21.6. The zero-order valence-corrected chi connectivity index (χ0v) is 49.2. The number of unbranched alkanes of at least 4 members (excludes halogenated alkanes) is 4. The zero-order chi connectivity index (χ0) is 62.8. The van der Waals surface area contributed by atoms with Gasteiger partial charge in [0.05, 0.1) is 59.3 Å². The third-order valence-electron chi connectivity index (χ3n) is 13.1. The first-order valence-electron chi connectivity index (χ1n) is 28.0. The molecule has 26 heteroatoms. The van der Waals surface area contributed by atoms with Gasteiger partial charge in [0.1, 0.15) is 23.7 Å². The summed E-state index contributed by atoms with van der Waals surface area (Å²) in [6, 6.07) is -4.49. The lowest BCUT2D eigenvalue weighted by Gasteiger charge is -2.21. The molecule has 0 bridgehead atoms. The molecule has 2 amide bonds. The molecule has 0 radical (unpaired) electrons. The van der Waals surface area contributed by atoms with Crippen LogP contribution in [0.5, 0.6) is 0 Å². The minimum Gasteiger partial charge on any atom is -0.481 e. The number of amidine groups is 4. The van der Waals surface area contributed by atoms with Crippen molar-refractivity contribution in [2.24, 2.45) is 81.4 Å². The molecule has 0 aliphatic rings. The number of carbonyl (C=O) groups excluding carboxylic acids is 4. The molecule has 0 spiro atoms. The highest BCUT2D eigenvalue weighted by Crippen LogP contribution is 2.21. The molecule has 0 aromatic carbocycles. The number of amides is 2. The lowest BCUT2D eigenvalue weighted by molar-refractivity contribution is -0.146. The van der Waals surface area contributed by atoms with Crippen LogP contribution in [0.2, 0.25) is 0 Å². The fourth-order valence-electron chi connectivity index (χ4n) is 7.62.